The van der Waals surface area contributed by atoms with E-state index in [1.54, 1.807) is 13.8 Å². The highest BCUT2D eigenvalue weighted by atomic mass is 32.2. The number of nitrogens with zero attached hydrogens (tertiary/aromatic N) is 1. The van der Waals surface area contributed by atoms with Crippen LogP contribution in [0.2, 0.25) is 0 Å². The third-order valence-electron chi connectivity index (χ3n) is 3.62. The number of carbonyl (C=O) groups excluding carboxylic acids is 1. The summed E-state index contributed by atoms with van der Waals surface area (Å²) in [5, 5.41) is 9.42. The normalized spacial score (nSPS) is 36.2. The number of sulfonamides is 1. The first kappa shape index (κ1) is 12.8. The van der Waals surface area contributed by atoms with Gasteiger partial charge in [-0.3, -0.25) is 4.79 Å². The van der Waals surface area contributed by atoms with Crippen LogP contribution in [0.4, 0.5) is 0 Å². The van der Waals surface area contributed by atoms with Gasteiger partial charge in [0.05, 0.1) is 17.3 Å². The molecule has 0 atom stereocenters. The van der Waals surface area contributed by atoms with Crippen molar-refractivity contribution in [2.75, 3.05) is 5.75 Å². The molecule has 2 fully saturated rings. The molecule has 1 saturated carbocycles. The minimum Gasteiger partial charge on any atom is -0.393 e. The van der Waals surface area contributed by atoms with Crippen molar-refractivity contribution in [2.24, 2.45) is 5.41 Å². The van der Waals surface area contributed by atoms with E-state index in [2.05, 4.69) is 0 Å². The molecule has 1 aliphatic heterocycles. The molecule has 0 aromatic rings. The van der Waals surface area contributed by atoms with Gasteiger partial charge in [-0.15, -0.1) is 0 Å². The lowest BCUT2D eigenvalue weighted by atomic mass is 9.90. The fourth-order valence-corrected chi connectivity index (χ4v) is 5.04. The van der Waals surface area contributed by atoms with Crippen molar-refractivity contribution in [3.63, 3.8) is 0 Å². The number of rotatable bonds is 1. The van der Waals surface area contributed by atoms with Gasteiger partial charge in [-0.05, 0) is 39.5 Å². The molecule has 98 valence electrons. The molecule has 1 aliphatic carbocycles. The van der Waals surface area contributed by atoms with Crippen molar-refractivity contribution in [3.8, 4) is 0 Å². The highest BCUT2D eigenvalue weighted by Crippen LogP contribution is 2.36. The van der Waals surface area contributed by atoms with Crippen LogP contribution in [0, 0.1) is 5.41 Å². The Morgan fingerprint density at radius 1 is 1.24 bits per heavy atom. The Hall–Kier alpha value is -0.620. The Morgan fingerprint density at radius 2 is 1.76 bits per heavy atom. The SMILES string of the molecule is CC1(C)CS(=O)(=O)N(C2CCC(O)CC2)C1=O. The first-order chi connectivity index (χ1) is 7.74. The van der Waals surface area contributed by atoms with Crippen LogP contribution in [0.15, 0.2) is 0 Å². The fourth-order valence-electron chi connectivity index (χ4n) is 2.70. The number of hydrogen-bond donors (Lipinski definition) is 1. The summed E-state index contributed by atoms with van der Waals surface area (Å²) in [5.41, 5.74) is -0.811. The second-order valence-electron chi connectivity index (χ2n) is 5.70. The first-order valence-corrected chi connectivity index (χ1v) is 7.59. The van der Waals surface area contributed by atoms with E-state index in [0.717, 1.165) is 4.31 Å². The monoisotopic (exact) mass is 261 g/mol. The summed E-state index contributed by atoms with van der Waals surface area (Å²) in [6, 6.07) is -0.252. The van der Waals surface area contributed by atoms with Crippen molar-refractivity contribution in [1.29, 1.82) is 0 Å². The van der Waals surface area contributed by atoms with Gasteiger partial charge in [0, 0.05) is 6.04 Å². The molecule has 0 radical (unpaired) electrons. The molecule has 17 heavy (non-hydrogen) atoms. The molecule has 1 heterocycles. The topological polar surface area (TPSA) is 74.7 Å². The second-order valence-corrected chi connectivity index (χ2v) is 7.55. The van der Waals surface area contributed by atoms with Gasteiger partial charge in [-0.1, -0.05) is 0 Å². The number of carbonyl (C=O) groups is 1. The molecular weight excluding hydrogens is 242 g/mol. The van der Waals surface area contributed by atoms with Gasteiger partial charge in [-0.2, -0.15) is 0 Å². The lowest BCUT2D eigenvalue weighted by molar-refractivity contribution is -0.134. The van der Waals surface area contributed by atoms with E-state index in [1.807, 2.05) is 0 Å². The fraction of sp³-hybridized carbons (Fsp3) is 0.909. The second kappa shape index (κ2) is 3.95. The van der Waals surface area contributed by atoms with Gasteiger partial charge < -0.3 is 5.11 Å². The van der Waals surface area contributed by atoms with Gasteiger partial charge in [0.1, 0.15) is 0 Å². The third kappa shape index (κ3) is 2.20. The van der Waals surface area contributed by atoms with Crippen molar-refractivity contribution >= 4 is 15.9 Å². The first-order valence-electron chi connectivity index (χ1n) is 5.99. The lowest BCUT2D eigenvalue weighted by Gasteiger charge is -2.32. The molecule has 0 aromatic carbocycles. The standard InChI is InChI=1S/C11H19NO4S/c1-11(2)7-17(15,16)12(10(11)14)8-3-5-9(13)6-4-8/h8-9,13H,3-7H2,1-2H3. The quantitative estimate of drug-likeness (QED) is 0.745. The molecule has 5 nitrogen and oxygen atoms in total. The van der Waals surface area contributed by atoms with E-state index in [1.165, 1.54) is 0 Å². The minimum atomic E-state index is -3.46. The van der Waals surface area contributed by atoms with Crippen LogP contribution in [0.5, 0.6) is 0 Å². The molecule has 2 aliphatic rings. The molecule has 6 heteroatoms. The summed E-state index contributed by atoms with van der Waals surface area (Å²) in [6.07, 6.45) is 1.94. The number of hydrogen-bond acceptors (Lipinski definition) is 4. The van der Waals surface area contributed by atoms with Crippen molar-refractivity contribution in [2.45, 2.75) is 51.7 Å². The zero-order chi connectivity index (χ0) is 12.8. The van der Waals surface area contributed by atoms with Gasteiger partial charge >= 0.3 is 0 Å². The Bertz CT molecular complexity index is 421. The lowest BCUT2D eigenvalue weighted by Crippen LogP contribution is -2.43. The molecule has 2 rings (SSSR count). The molecular formula is C11H19NO4S. The van der Waals surface area contributed by atoms with Crippen molar-refractivity contribution < 1.29 is 18.3 Å². The molecule has 1 N–H and O–H groups in total. The number of aliphatic hydroxyl groups excluding tert-OH is 1. The Kier molecular flexibility index (Phi) is 2.98. The summed E-state index contributed by atoms with van der Waals surface area (Å²) in [4.78, 5) is 12.1. The van der Waals surface area contributed by atoms with Crippen LogP contribution in [-0.4, -0.2) is 41.6 Å². The maximum Gasteiger partial charge on any atom is 0.243 e. The molecule has 0 bridgehead atoms. The smallest absolute Gasteiger partial charge is 0.243 e. The van der Waals surface area contributed by atoms with Crippen molar-refractivity contribution in [3.05, 3.63) is 0 Å². The zero-order valence-electron chi connectivity index (χ0n) is 10.2. The van der Waals surface area contributed by atoms with Gasteiger partial charge in [0.2, 0.25) is 15.9 Å². The summed E-state index contributed by atoms with van der Waals surface area (Å²) in [6.45, 7) is 3.34. The molecule has 0 spiro atoms. The maximum atomic E-state index is 12.1. The predicted molar refractivity (Wildman–Crippen MR) is 62.7 cm³/mol. The van der Waals surface area contributed by atoms with E-state index in [4.69, 9.17) is 0 Å². The number of aliphatic hydroxyl groups is 1. The molecule has 1 saturated heterocycles. The van der Waals surface area contributed by atoms with E-state index >= 15 is 0 Å². The average Bonchev–Trinajstić information content (AvgIpc) is 2.34. The van der Waals surface area contributed by atoms with Crippen LogP contribution < -0.4 is 0 Å². The Balaban J connectivity index is 2.23. The molecule has 1 amide bonds. The highest BCUT2D eigenvalue weighted by Gasteiger charge is 2.51. The summed E-state index contributed by atoms with van der Waals surface area (Å²) in [5.74, 6) is -0.392. The average molecular weight is 261 g/mol. The highest BCUT2D eigenvalue weighted by molar-refractivity contribution is 7.90. The number of amides is 1. The Morgan fingerprint density at radius 3 is 2.18 bits per heavy atom. The Labute approximate surface area is 102 Å². The predicted octanol–water partition coefficient (Wildman–Crippen LogP) is 0.488. The van der Waals surface area contributed by atoms with Gasteiger partial charge in [0.25, 0.3) is 0 Å². The van der Waals surface area contributed by atoms with E-state index in [-0.39, 0.29) is 23.8 Å². The van der Waals surface area contributed by atoms with Gasteiger partial charge in [-0.25, -0.2) is 12.7 Å². The van der Waals surface area contributed by atoms with Gasteiger partial charge in [0.15, 0.2) is 0 Å². The minimum absolute atomic E-state index is 0.0993. The van der Waals surface area contributed by atoms with Crippen LogP contribution in [-0.2, 0) is 14.8 Å². The molecule has 0 aromatic heterocycles. The zero-order valence-corrected chi connectivity index (χ0v) is 11.0. The van der Waals surface area contributed by atoms with Crippen LogP contribution in [0.3, 0.4) is 0 Å². The van der Waals surface area contributed by atoms with Crippen LogP contribution >= 0.6 is 0 Å². The largest absolute Gasteiger partial charge is 0.393 e. The van der Waals surface area contributed by atoms with E-state index < -0.39 is 15.4 Å². The van der Waals surface area contributed by atoms with Crippen LogP contribution in [0.25, 0.3) is 0 Å². The van der Waals surface area contributed by atoms with E-state index in [0.29, 0.717) is 25.7 Å². The summed E-state index contributed by atoms with van der Waals surface area (Å²) >= 11 is 0. The maximum absolute atomic E-state index is 12.1. The van der Waals surface area contributed by atoms with E-state index in [9.17, 15) is 18.3 Å². The van der Waals surface area contributed by atoms with Crippen LogP contribution in [0.1, 0.15) is 39.5 Å². The molecule has 0 unspecified atom stereocenters. The van der Waals surface area contributed by atoms with Crippen molar-refractivity contribution in [1.82, 2.24) is 4.31 Å². The summed E-state index contributed by atoms with van der Waals surface area (Å²) in [7, 11) is -3.46. The summed E-state index contributed by atoms with van der Waals surface area (Å²) < 4.78 is 25.1. The third-order valence-corrected chi connectivity index (χ3v) is 5.77.